The number of hydrogen-bond donors (Lipinski definition) is 3. The second-order valence-electron chi connectivity index (χ2n) is 4.11. The van der Waals surface area contributed by atoms with Crippen molar-refractivity contribution < 1.29 is 4.79 Å². The van der Waals surface area contributed by atoms with Crippen LogP contribution in [0.2, 0.25) is 10.0 Å². The molecule has 2 rings (SSSR count). The van der Waals surface area contributed by atoms with Gasteiger partial charge < -0.3 is 10.7 Å². The molecule has 0 fully saturated rings. The Morgan fingerprint density at radius 2 is 2.00 bits per heavy atom. The molecule has 104 valence electrons. The minimum Gasteiger partial charge on any atom is -0.323 e. The van der Waals surface area contributed by atoms with Gasteiger partial charge in [-0.15, -0.1) is 0 Å². The number of nitrogen functional groups attached to an aromatic ring is 1. The van der Waals surface area contributed by atoms with Gasteiger partial charge in [0.25, 0.3) is 5.91 Å². The summed E-state index contributed by atoms with van der Waals surface area (Å²) < 4.78 is 0. The van der Waals surface area contributed by atoms with E-state index in [9.17, 15) is 4.79 Å². The normalized spacial score (nSPS) is 10.2. The van der Waals surface area contributed by atoms with E-state index in [-0.39, 0.29) is 11.6 Å². The zero-order valence-corrected chi connectivity index (χ0v) is 12.1. The number of benzene rings is 1. The molecule has 0 saturated heterocycles. The van der Waals surface area contributed by atoms with Crippen molar-refractivity contribution in [2.75, 3.05) is 10.7 Å². The van der Waals surface area contributed by atoms with Crippen molar-refractivity contribution in [2.24, 2.45) is 5.84 Å². The number of halogens is 2. The Bertz CT molecular complexity index is 644. The van der Waals surface area contributed by atoms with Gasteiger partial charge in [-0.2, -0.15) is 0 Å². The fraction of sp³-hybridized carbons (Fsp3) is 0.0769. The highest BCUT2D eigenvalue weighted by atomic mass is 35.5. The number of nitrogens with one attached hydrogen (secondary N) is 2. The molecule has 4 N–H and O–H groups in total. The SMILES string of the molecule is Cc1cc(Cl)c(NC(=O)c2ccc(NN)cn2)cc1Cl. The average Bonchev–Trinajstić information content (AvgIpc) is 2.44. The Hall–Kier alpha value is -1.82. The minimum absolute atomic E-state index is 0.247. The highest BCUT2D eigenvalue weighted by molar-refractivity contribution is 6.36. The second-order valence-corrected chi connectivity index (χ2v) is 4.93. The number of nitrogens with zero attached hydrogens (tertiary/aromatic N) is 1. The fourth-order valence-electron chi connectivity index (χ4n) is 1.54. The zero-order valence-electron chi connectivity index (χ0n) is 10.6. The molecule has 2 aromatic rings. The molecule has 0 atom stereocenters. The summed E-state index contributed by atoms with van der Waals surface area (Å²) in [6.45, 7) is 1.83. The van der Waals surface area contributed by atoms with Gasteiger partial charge in [-0.25, -0.2) is 4.98 Å². The standard InChI is InChI=1S/C13H12Cl2N4O/c1-7-4-10(15)12(5-9(7)14)18-13(20)11-3-2-8(19-16)6-17-11/h2-6,19H,16H2,1H3,(H,18,20). The number of carbonyl (C=O) groups is 1. The summed E-state index contributed by atoms with van der Waals surface area (Å²) in [6, 6.07) is 6.49. The van der Waals surface area contributed by atoms with E-state index in [1.165, 1.54) is 6.20 Å². The minimum atomic E-state index is -0.379. The van der Waals surface area contributed by atoms with Gasteiger partial charge in [-0.1, -0.05) is 23.2 Å². The summed E-state index contributed by atoms with van der Waals surface area (Å²) >= 11 is 12.1. The molecule has 20 heavy (non-hydrogen) atoms. The van der Waals surface area contributed by atoms with Crippen LogP contribution in [-0.2, 0) is 0 Å². The number of hydrogen-bond acceptors (Lipinski definition) is 4. The summed E-state index contributed by atoms with van der Waals surface area (Å²) in [5.41, 5.74) is 4.57. The molecular weight excluding hydrogens is 299 g/mol. The van der Waals surface area contributed by atoms with Crippen LogP contribution in [0.15, 0.2) is 30.5 Å². The monoisotopic (exact) mass is 310 g/mol. The second kappa shape index (κ2) is 6.09. The molecule has 0 saturated carbocycles. The largest absolute Gasteiger partial charge is 0.323 e. The molecule has 0 spiro atoms. The van der Waals surface area contributed by atoms with Crippen LogP contribution in [0, 0.1) is 6.92 Å². The van der Waals surface area contributed by atoms with Crippen LogP contribution < -0.4 is 16.6 Å². The first kappa shape index (κ1) is 14.6. The van der Waals surface area contributed by atoms with E-state index in [4.69, 9.17) is 29.0 Å². The van der Waals surface area contributed by atoms with Crippen molar-refractivity contribution in [1.82, 2.24) is 4.98 Å². The van der Waals surface area contributed by atoms with Crippen LogP contribution in [-0.4, -0.2) is 10.9 Å². The van der Waals surface area contributed by atoms with E-state index >= 15 is 0 Å². The lowest BCUT2D eigenvalue weighted by molar-refractivity contribution is 0.102. The molecule has 0 radical (unpaired) electrons. The molecule has 0 unspecified atom stereocenters. The summed E-state index contributed by atoms with van der Waals surface area (Å²) in [7, 11) is 0. The Labute approximate surface area is 126 Å². The molecule has 1 aromatic carbocycles. The number of hydrazine groups is 1. The van der Waals surface area contributed by atoms with Gasteiger partial charge in [0.05, 0.1) is 22.6 Å². The maximum Gasteiger partial charge on any atom is 0.274 e. The summed E-state index contributed by atoms with van der Waals surface area (Å²) in [4.78, 5) is 16.0. The molecule has 0 bridgehead atoms. The highest BCUT2D eigenvalue weighted by Gasteiger charge is 2.11. The van der Waals surface area contributed by atoms with E-state index in [2.05, 4.69) is 15.7 Å². The quantitative estimate of drug-likeness (QED) is 0.600. The molecule has 0 aliphatic rings. The van der Waals surface area contributed by atoms with Gasteiger partial charge in [0.1, 0.15) is 5.69 Å². The zero-order chi connectivity index (χ0) is 14.7. The number of rotatable bonds is 3. The van der Waals surface area contributed by atoms with E-state index in [1.54, 1.807) is 24.3 Å². The lowest BCUT2D eigenvalue weighted by atomic mass is 10.2. The average molecular weight is 311 g/mol. The first-order valence-electron chi connectivity index (χ1n) is 5.71. The number of amides is 1. The first-order chi connectivity index (χ1) is 9.51. The number of pyridine rings is 1. The Balaban J connectivity index is 2.20. The maximum absolute atomic E-state index is 12.0. The van der Waals surface area contributed by atoms with Crippen molar-refractivity contribution in [1.29, 1.82) is 0 Å². The van der Waals surface area contributed by atoms with Crippen LogP contribution >= 0.6 is 23.2 Å². The molecule has 1 amide bonds. The lowest BCUT2D eigenvalue weighted by Gasteiger charge is -2.09. The fourth-order valence-corrected chi connectivity index (χ4v) is 1.97. The van der Waals surface area contributed by atoms with Gasteiger partial charge in [-0.05, 0) is 36.8 Å². The van der Waals surface area contributed by atoms with E-state index in [0.29, 0.717) is 21.4 Å². The Kier molecular flexibility index (Phi) is 4.44. The van der Waals surface area contributed by atoms with Gasteiger partial charge in [0.15, 0.2) is 0 Å². The summed E-state index contributed by atoms with van der Waals surface area (Å²) in [5.74, 6) is 4.85. The van der Waals surface area contributed by atoms with Crippen molar-refractivity contribution >= 4 is 40.5 Å². The molecule has 5 nitrogen and oxygen atoms in total. The summed E-state index contributed by atoms with van der Waals surface area (Å²) in [5, 5.41) is 3.61. The van der Waals surface area contributed by atoms with Gasteiger partial charge >= 0.3 is 0 Å². The number of aryl methyl sites for hydroxylation is 1. The van der Waals surface area contributed by atoms with E-state index < -0.39 is 0 Å². The number of anilines is 2. The lowest BCUT2D eigenvalue weighted by Crippen LogP contribution is -2.14. The van der Waals surface area contributed by atoms with Gasteiger partial charge in [0, 0.05) is 5.02 Å². The highest BCUT2D eigenvalue weighted by Crippen LogP contribution is 2.29. The van der Waals surface area contributed by atoms with Gasteiger partial charge in [-0.3, -0.25) is 10.6 Å². The van der Waals surface area contributed by atoms with Gasteiger partial charge in [0.2, 0.25) is 0 Å². The molecule has 7 heteroatoms. The maximum atomic E-state index is 12.0. The third kappa shape index (κ3) is 3.19. The number of nitrogens with two attached hydrogens (primary N) is 1. The number of aromatic nitrogens is 1. The van der Waals surface area contributed by atoms with Crippen LogP contribution in [0.25, 0.3) is 0 Å². The molecule has 0 aliphatic carbocycles. The topological polar surface area (TPSA) is 80.0 Å². The van der Waals surface area contributed by atoms with E-state index in [0.717, 1.165) is 5.56 Å². The Morgan fingerprint density at radius 3 is 2.60 bits per heavy atom. The molecule has 0 aliphatic heterocycles. The van der Waals surface area contributed by atoms with Crippen molar-refractivity contribution in [3.05, 3.63) is 51.8 Å². The van der Waals surface area contributed by atoms with Crippen LogP contribution in [0.4, 0.5) is 11.4 Å². The molecular formula is C13H12Cl2N4O. The predicted octanol–water partition coefficient (Wildman–Crippen LogP) is 3.23. The smallest absolute Gasteiger partial charge is 0.274 e. The third-order valence-corrected chi connectivity index (χ3v) is 3.38. The van der Waals surface area contributed by atoms with Crippen molar-refractivity contribution in [3.8, 4) is 0 Å². The van der Waals surface area contributed by atoms with Crippen molar-refractivity contribution in [3.63, 3.8) is 0 Å². The Morgan fingerprint density at radius 1 is 1.25 bits per heavy atom. The number of carbonyl (C=O) groups excluding carboxylic acids is 1. The van der Waals surface area contributed by atoms with Crippen molar-refractivity contribution in [2.45, 2.75) is 6.92 Å². The molecule has 1 aromatic heterocycles. The van der Waals surface area contributed by atoms with Crippen LogP contribution in [0.3, 0.4) is 0 Å². The predicted molar refractivity (Wildman–Crippen MR) is 81.2 cm³/mol. The molecule has 1 heterocycles. The van der Waals surface area contributed by atoms with Crippen LogP contribution in [0.5, 0.6) is 0 Å². The first-order valence-corrected chi connectivity index (χ1v) is 6.46. The van der Waals surface area contributed by atoms with Crippen LogP contribution in [0.1, 0.15) is 16.1 Å². The summed E-state index contributed by atoms with van der Waals surface area (Å²) in [6.07, 6.45) is 1.46. The van der Waals surface area contributed by atoms with E-state index in [1.807, 2.05) is 6.92 Å². The third-order valence-electron chi connectivity index (χ3n) is 2.66.